The van der Waals surface area contributed by atoms with Crippen LogP contribution in [0.15, 0.2) is 158 Å². The average molecular weight is 811 g/mol. The summed E-state index contributed by atoms with van der Waals surface area (Å²) >= 11 is 0. The third kappa shape index (κ3) is 13.8. The number of amides is 2. The number of hydrogen-bond donors (Lipinski definition) is 2. The number of hydrogen-bond acceptors (Lipinski definition) is 10. The Morgan fingerprint density at radius 1 is 0.433 bits per heavy atom. The van der Waals surface area contributed by atoms with Gasteiger partial charge in [0.25, 0.3) is 0 Å². The smallest absolute Gasteiger partial charge is 0.410 e. The fourth-order valence-electron chi connectivity index (χ4n) is 5.48. The molecule has 0 saturated carbocycles. The summed E-state index contributed by atoms with van der Waals surface area (Å²) in [4.78, 5) is 51.7. The minimum Gasteiger partial charge on any atom is -0.504 e. The normalized spacial score (nSPS) is 10.3. The van der Waals surface area contributed by atoms with Crippen molar-refractivity contribution in [1.29, 1.82) is 0 Å². The number of nitrogens with zero attached hydrogens (tertiary/aromatic N) is 2. The van der Waals surface area contributed by atoms with Crippen LogP contribution in [0.25, 0.3) is 0 Å². The number of Topliss-reactive ketones (excluding diaryl/α,β-unsaturated/α-hetero) is 2. The minimum atomic E-state index is -0.620. The summed E-state index contributed by atoms with van der Waals surface area (Å²) in [6.45, 7) is 0.632. The summed E-state index contributed by atoms with van der Waals surface area (Å²) in [5.74, 6) is -0.313. The van der Waals surface area contributed by atoms with Crippen LogP contribution in [0.1, 0.15) is 43.0 Å². The van der Waals surface area contributed by atoms with Gasteiger partial charge in [0.2, 0.25) is 0 Å². The molecular weight excluding hydrogens is 765 g/mol. The topological polar surface area (TPSA) is 152 Å². The largest absolute Gasteiger partial charge is 0.504 e. The van der Waals surface area contributed by atoms with E-state index < -0.39 is 12.2 Å². The Labute approximate surface area is 348 Å². The summed E-state index contributed by atoms with van der Waals surface area (Å²) in [6, 6.07) is 47.0. The lowest BCUT2D eigenvalue weighted by molar-refractivity contribution is 0.0849. The van der Waals surface area contributed by atoms with Crippen LogP contribution in [0.5, 0.6) is 23.0 Å². The lowest BCUT2D eigenvalue weighted by Crippen LogP contribution is -2.32. The second-order valence-electron chi connectivity index (χ2n) is 13.6. The van der Waals surface area contributed by atoms with Crippen molar-refractivity contribution in [3.63, 3.8) is 0 Å². The number of aromatic hydroxyl groups is 2. The number of benzene rings is 6. The van der Waals surface area contributed by atoms with Crippen LogP contribution in [-0.4, -0.2) is 71.0 Å². The van der Waals surface area contributed by atoms with Gasteiger partial charge in [-0.15, -0.1) is 0 Å². The molecular formula is C48H46N2O10. The average Bonchev–Trinajstić information content (AvgIpc) is 3.28. The van der Waals surface area contributed by atoms with E-state index in [9.17, 15) is 29.4 Å². The summed E-state index contributed by atoms with van der Waals surface area (Å²) in [7, 11) is 2.99. The first-order valence-electron chi connectivity index (χ1n) is 18.9. The van der Waals surface area contributed by atoms with Crippen LogP contribution < -0.4 is 9.47 Å². The van der Waals surface area contributed by atoms with Gasteiger partial charge in [0, 0.05) is 25.2 Å². The molecule has 2 amide bonds. The number of likely N-dealkylation sites (N-methyl/N-ethyl adjacent to an activating group) is 2. The molecule has 308 valence electrons. The van der Waals surface area contributed by atoms with E-state index in [0.717, 1.165) is 33.2 Å². The van der Waals surface area contributed by atoms with Crippen molar-refractivity contribution in [2.24, 2.45) is 0 Å². The molecule has 6 aromatic rings. The van der Waals surface area contributed by atoms with Gasteiger partial charge in [0.15, 0.2) is 34.6 Å². The van der Waals surface area contributed by atoms with Crippen molar-refractivity contribution < 1.29 is 48.3 Å². The monoisotopic (exact) mass is 810 g/mol. The third-order valence-corrected chi connectivity index (χ3v) is 8.83. The van der Waals surface area contributed by atoms with Gasteiger partial charge in [-0.2, -0.15) is 0 Å². The molecule has 0 aliphatic rings. The van der Waals surface area contributed by atoms with E-state index in [4.69, 9.17) is 18.9 Å². The molecule has 6 rings (SSSR count). The molecule has 12 nitrogen and oxygen atoms in total. The van der Waals surface area contributed by atoms with Crippen LogP contribution in [-0.2, 0) is 35.9 Å². The molecule has 0 aliphatic carbocycles. The van der Waals surface area contributed by atoms with Crippen molar-refractivity contribution in [2.75, 3.05) is 27.2 Å². The predicted octanol–water partition coefficient (Wildman–Crippen LogP) is 8.85. The molecule has 0 fully saturated rings. The zero-order chi connectivity index (χ0) is 42.7. The molecule has 2 N–H and O–H groups in total. The Hall–Kier alpha value is -7.60. The Bertz CT molecular complexity index is 2310. The van der Waals surface area contributed by atoms with E-state index in [-0.39, 0.29) is 54.9 Å². The fraction of sp³-hybridized carbons (Fsp3) is 0.167. The maximum absolute atomic E-state index is 13.0. The number of ketones is 2. The van der Waals surface area contributed by atoms with Crippen molar-refractivity contribution in [3.05, 3.63) is 191 Å². The van der Waals surface area contributed by atoms with Gasteiger partial charge in [-0.25, -0.2) is 9.59 Å². The zero-order valence-corrected chi connectivity index (χ0v) is 33.3. The van der Waals surface area contributed by atoms with Crippen LogP contribution in [0.4, 0.5) is 9.59 Å². The summed E-state index contributed by atoms with van der Waals surface area (Å²) in [5.41, 5.74) is 4.35. The molecule has 12 heteroatoms. The molecule has 0 aromatic heterocycles. The Morgan fingerprint density at radius 2 is 0.800 bits per heavy atom. The number of rotatable bonds is 16. The molecule has 0 saturated heterocycles. The molecule has 0 heterocycles. The summed E-state index contributed by atoms with van der Waals surface area (Å²) < 4.78 is 22.5. The SMILES string of the molecule is CN(CC(=O)c1ccc(O)c(O)c1)C(=O)OCc1ccccc1.CN(CC(=O)c1ccc(OCc2ccccc2)c(OCc2ccccc2)c1)C(=O)OCc1ccccc1. The molecule has 0 spiro atoms. The zero-order valence-electron chi connectivity index (χ0n) is 33.3. The van der Waals surface area contributed by atoms with E-state index >= 15 is 0 Å². The lowest BCUT2D eigenvalue weighted by Gasteiger charge is -2.17. The van der Waals surface area contributed by atoms with E-state index in [0.29, 0.717) is 30.3 Å². The van der Waals surface area contributed by atoms with E-state index in [1.807, 2.05) is 121 Å². The second kappa shape index (κ2) is 22.4. The highest BCUT2D eigenvalue weighted by molar-refractivity contribution is 6.00. The van der Waals surface area contributed by atoms with Gasteiger partial charge in [-0.05, 0) is 58.7 Å². The summed E-state index contributed by atoms with van der Waals surface area (Å²) in [6.07, 6.45) is -1.19. The van der Waals surface area contributed by atoms with Gasteiger partial charge in [-0.1, -0.05) is 121 Å². The molecule has 0 aliphatic heterocycles. The van der Waals surface area contributed by atoms with E-state index in [1.165, 1.54) is 31.1 Å². The quantitative estimate of drug-likeness (QED) is 0.0717. The lowest BCUT2D eigenvalue weighted by atomic mass is 10.1. The Morgan fingerprint density at radius 3 is 1.22 bits per heavy atom. The highest BCUT2D eigenvalue weighted by Gasteiger charge is 2.19. The van der Waals surface area contributed by atoms with Crippen LogP contribution >= 0.6 is 0 Å². The van der Waals surface area contributed by atoms with Gasteiger partial charge in [0.1, 0.15) is 26.4 Å². The van der Waals surface area contributed by atoms with Crippen LogP contribution in [0.2, 0.25) is 0 Å². The predicted molar refractivity (Wildman–Crippen MR) is 225 cm³/mol. The van der Waals surface area contributed by atoms with Crippen molar-refractivity contribution in [1.82, 2.24) is 9.80 Å². The number of phenolic OH excluding ortho intramolecular Hbond substituents is 2. The highest BCUT2D eigenvalue weighted by Crippen LogP contribution is 2.31. The van der Waals surface area contributed by atoms with Gasteiger partial charge >= 0.3 is 12.2 Å². The maximum atomic E-state index is 13.0. The summed E-state index contributed by atoms with van der Waals surface area (Å²) in [5, 5.41) is 18.6. The number of phenols is 2. The van der Waals surface area contributed by atoms with Gasteiger partial charge < -0.3 is 39.0 Å². The van der Waals surface area contributed by atoms with Gasteiger partial charge in [0.05, 0.1) is 13.1 Å². The van der Waals surface area contributed by atoms with E-state index in [2.05, 4.69) is 0 Å². The third-order valence-electron chi connectivity index (χ3n) is 8.83. The minimum absolute atomic E-state index is 0.123. The number of carbonyl (C=O) groups is 4. The first-order chi connectivity index (χ1) is 29.0. The van der Waals surface area contributed by atoms with Gasteiger partial charge in [-0.3, -0.25) is 9.59 Å². The fourth-order valence-corrected chi connectivity index (χ4v) is 5.48. The number of carbonyl (C=O) groups excluding carboxylic acids is 4. The van der Waals surface area contributed by atoms with Crippen LogP contribution in [0.3, 0.4) is 0 Å². The first kappa shape index (κ1) is 43.5. The van der Waals surface area contributed by atoms with Crippen molar-refractivity contribution in [2.45, 2.75) is 26.4 Å². The molecule has 0 bridgehead atoms. The van der Waals surface area contributed by atoms with Crippen LogP contribution in [0, 0.1) is 0 Å². The van der Waals surface area contributed by atoms with Crippen molar-refractivity contribution >= 4 is 23.8 Å². The molecule has 6 aromatic carbocycles. The van der Waals surface area contributed by atoms with Crippen molar-refractivity contribution in [3.8, 4) is 23.0 Å². The Kier molecular flexibility index (Phi) is 16.2. The molecule has 0 unspecified atom stereocenters. The number of ether oxygens (including phenoxy) is 4. The molecule has 0 radical (unpaired) electrons. The Balaban J connectivity index is 0.000000255. The van der Waals surface area contributed by atoms with E-state index in [1.54, 1.807) is 18.2 Å². The molecule has 0 atom stereocenters. The standard InChI is InChI=1S/C31H29NO5.C17H17NO5/c1-32(31(34)37-23-26-15-9-4-10-16-26)20-28(33)27-17-18-29(35-21-24-11-5-2-6-12-24)30(19-27)36-22-25-13-7-3-8-14-25;1-18(17(22)23-11-12-5-3-2-4-6-12)10-16(21)13-7-8-14(19)15(20)9-13/h2-19H,20-23H2,1H3;2-9,19-20H,10-11H2,1H3. The first-order valence-corrected chi connectivity index (χ1v) is 18.9. The maximum Gasteiger partial charge on any atom is 0.410 e. The second-order valence-corrected chi connectivity index (χ2v) is 13.6. The highest BCUT2D eigenvalue weighted by atomic mass is 16.6. The molecule has 60 heavy (non-hydrogen) atoms.